The maximum absolute atomic E-state index is 14.1. The molecule has 4 heterocycles. The quantitative estimate of drug-likeness (QED) is 0.155. The van der Waals surface area contributed by atoms with E-state index in [2.05, 4.69) is 28.9 Å². The lowest BCUT2D eigenvalue weighted by molar-refractivity contribution is -0.287. The van der Waals surface area contributed by atoms with Crippen LogP contribution in [0, 0.1) is 23.3 Å². The van der Waals surface area contributed by atoms with Crippen molar-refractivity contribution in [1.82, 2.24) is 0 Å². The minimum absolute atomic E-state index is 0.0236. The Labute approximate surface area is 347 Å². The van der Waals surface area contributed by atoms with Gasteiger partial charge in [0.2, 0.25) is 11.8 Å². The van der Waals surface area contributed by atoms with Crippen LogP contribution in [0.4, 0.5) is 35.1 Å². The molecule has 62 heavy (non-hydrogen) atoms. The number of fused-ring (bicyclic) bond motifs is 2. The zero-order valence-corrected chi connectivity index (χ0v) is 32.2. The van der Waals surface area contributed by atoms with Gasteiger partial charge in [0.1, 0.15) is 58.7 Å². The van der Waals surface area contributed by atoms with E-state index in [0.717, 1.165) is 46.5 Å². The first kappa shape index (κ1) is 40.3. The van der Waals surface area contributed by atoms with Crippen molar-refractivity contribution in [2.75, 3.05) is 0 Å². The fourth-order valence-corrected chi connectivity index (χ4v) is 7.35. The Morgan fingerprint density at radius 2 is 0.742 bits per heavy atom. The van der Waals surface area contributed by atoms with E-state index in [9.17, 15) is 35.1 Å². The average molecular weight is 859 g/mol. The number of nitrogens with zero attached hydrogens (tertiary/aromatic N) is 2. The molecule has 4 atom stereocenters. The van der Waals surface area contributed by atoms with E-state index in [1.54, 1.807) is 50.2 Å². The molecule has 16 heteroatoms. The first-order valence-corrected chi connectivity index (χ1v) is 19.0. The van der Waals surface area contributed by atoms with Gasteiger partial charge in [-0.3, -0.25) is 0 Å². The van der Waals surface area contributed by atoms with Gasteiger partial charge in [0.05, 0.1) is 0 Å². The van der Waals surface area contributed by atoms with Crippen molar-refractivity contribution in [2.24, 2.45) is 9.98 Å². The Bertz CT molecular complexity index is 2540. The minimum Gasteiger partial charge on any atom is -0.472 e. The highest BCUT2D eigenvalue weighted by Crippen LogP contribution is 2.45. The third kappa shape index (κ3) is 7.83. The largest absolute Gasteiger partial charge is 0.586 e. The number of benzene rings is 6. The van der Waals surface area contributed by atoms with Crippen molar-refractivity contribution >= 4 is 11.8 Å². The number of hydrogen-bond acceptors (Lipinski definition) is 8. The average Bonchev–Trinajstić information content (AvgIpc) is 3.98. The van der Waals surface area contributed by atoms with Gasteiger partial charge < -0.3 is 28.4 Å². The molecule has 4 aliphatic heterocycles. The maximum atomic E-state index is 14.1. The van der Waals surface area contributed by atoms with Crippen LogP contribution in [0.2, 0.25) is 0 Å². The van der Waals surface area contributed by atoms with Gasteiger partial charge in [-0.1, -0.05) is 72.8 Å². The number of rotatable bonds is 6. The molecule has 6 aromatic carbocycles. The second-order valence-electron chi connectivity index (χ2n) is 14.5. The van der Waals surface area contributed by atoms with Crippen LogP contribution >= 0.6 is 0 Å². The molecule has 0 unspecified atom stereocenters. The second-order valence-corrected chi connectivity index (χ2v) is 14.5. The molecule has 4 aliphatic rings. The summed E-state index contributed by atoms with van der Waals surface area (Å²) in [5.41, 5.74) is 3.87. The van der Waals surface area contributed by atoms with Crippen molar-refractivity contribution in [2.45, 2.75) is 50.7 Å². The Morgan fingerprint density at radius 3 is 1.10 bits per heavy atom. The number of alkyl halides is 4. The van der Waals surface area contributed by atoms with Gasteiger partial charge in [0.25, 0.3) is 0 Å². The van der Waals surface area contributed by atoms with E-state index < -0.39 is 60.1 Å². The normalized spacial score (nSPS) is 21.0. The highest BCUT2D eigenvalue weighted by molar-refractivity contribution is 5.96. The summed E-state index contributed by atoms with van der Waals surface area (Å²) in [5, 5.41) is 0. The molecule has 10 rings (SSSR count). The van der Waals surface area contributed by atoms with Gasteiger partial charge in [0.15, 0.2) is 23.0 Å². The minimum atomic E-state index is -3.67. The zero-order valence-electron chi connectivity index (χ0n) is 32.2. The molecule has 0 amide bonds. The summed E-state index contributed by atoms with van der Waals surface area (Å²) in [4.78, 5) is 8.78. The molecular weight excluding hydrogens is 828 g/mol. The van der Waals surface area contributed by atoms with Crippen LogP contribution in [0.15, 0.2) is 131 Å². The van der Waals surface area contributed by atoms with E-state index in [0.29, 0.717) is 11.1 Å². The van der Waals surface area contributed by atoms with Gasteiger partial charge in [-0.05, 0) is 95.8 Å². The molecule has 0 aliphatic carbocycles. The van der Waals surface area contributed by atoms with Crippen molar-refractivity contribution in [3.05, 3.63) is 167 Å². The van der Waals surface area contributed by atoms with E-state index in [-0.39, 0.29) is 45.9 Å². The fourth-order valence-electron chi connectivity index (χ4n) is 7.35. The molecule has 0 fully saturated rings. The first-order valence-electron chi connectivity index (χ1n) is 19.0. The molecular formula is C46H30F8N2O6. The number of halogens is 8. The molecule has 316 valence electrons. The summed E-state index contributed by atoms with van der Waals surface area (Å²) in [6.07, 6.45) is -8.19. The molecule has 0 bridgehead atoms. The Morgan fingerprint density at radius 1 is 0.419 bits per heavy atom. The molecule has 0 saturated heterocycles. The van der Waals surface area contributed by atoms with E-state index in [1.807, 2.05) is 24.3 Å². The predicted molar refractivity (Wildman–Crippen MR) is 209 cm³/mol. The third-order valence-electron chi connectivity index (χ3n) is 10.3. The molecule has 8 nitrogen and oxygen atoms in total. The predicted octanol–water partition coefficient (Wildman–Crippen LogP) is 11.7. The molecule has 0 aromatic heterocycles. The van der Waals surface area contributed by atoms with E-state index >= 15 is 0 Å². The maximum Gasteiger partial charge on any atom is 0.586 e. The number of ether oxygens (including phenoxy) is 6. The van der Waals surface area contributed by atoms with Crippen LogP contribution in [0.25, 0.3) is 22.3 Å². The van der Waals surface area contributed by atoms with Crippen LogP contribution < -0.4 is 18.9 Å². The summed E-state index contributed by atoms with van der Waals surface area (Å²) in [6, 6.07) is 29.8. The standard InChI is InChI=1S/2C23H15F4NO3/c2*1-12-21(28-22(29-12)20-16(24)3-2-4-17(20)25)14-7-5-13(6-8-14)15-9-10-18-19(11-15)31-23(26,27)30-18/h2*2-12,21H,1H3/t2*12-,21+/m10/s1. The third-order valence-corrected chi connectivity index (χ3v) is 10.3. The number of hydrogen-bond donors (Lipinski definition) is 0. The SMILES string of the molecule is C[C@@H]1OC(c2c(F)cccc2F)=N[C@H]1c1ccc(-c2ccc3c(c2)OC(F)(F)O3)cc1.C[C@H]1OC(c2c(F)cccc2F)=N[C@@H]1c1ccc(-c2ccc3c(c2)OC(F)(F)O3)cc1. The van der Waals surface area contributed by atoms with Gasteiger partial charge in [-0.25, -0.2) is 27.5 Å². The van der Waals surface area contributed by atoms with Crippen molar-refractivity contribution in [1.29, 1.82) is 0 Å². The molecule has 0 spiro atoms. The molecule has 0 saturated carbocycles. The van der Waals surface area contributed by atoms with Gasteiger partial charge in [0, 0.05) is 0 Å². The van der Waals surface area contributed by atoms with Crippen LogP contribution in [-0.2, 0) is 9.47 Å². The van der Waals surface area contributed by atoms with Crippen LogP contribution in [0.5, 0.6) is 23.0 Å². The first-order chi connectivity index (χ1) is 29.6. The van der Waals surface area contributed by atoms with Crippen molar-refractivity contribution in [3.63, 3.8) is 0 Å². The van der Waals surface area contributed by atoms with Gasteiger partial charge >= 0.3 is 12.6 Å². The lowest BCUT2D eigenvalue weighted by Gasteiger charge is -2.14. The molecule has 0 radical (unpaired) electrons. The summed E-state index contributed by atoms with van der Waals surface area (Å²) in [7, 11) is 0. The monoisotopic (exact) mass is 858 g/mol. The zero-order chi connectivity index (χ0) is 43.5. The van der Waals surface area contributed by atoms with Crippen LogP contribution in [0.3, 0.4) is 0 Å². The Balaban J connectivity index is 0.000000158. The van der Waals surface area contributed by atoms with Gasteiger partial charge in [-0.2, -0.15) is 0 Å². The lowest BCUT2D eigenvalue weighted by Crippen LogP contribution is -2.25. The topological polar surface area (TPSA) is 80.1 Å². The number of aliphatic imine (C=N–C) groups is 2. The van der Waals surface area contributed by atoms with Crippen molar-refractivity contribution in [3.8, 4) is 45.3 Å². The Kier molecular flexibility index (Phi) is 10.0. The smallest absolute Gasteiger partial charge is 0.472 e. The highest BCUT2D eigenvalue weighted by atomic mass is 19.3. The van der Waals surface area contributed by atoms with Crippen LogP contribution in [0.1, 0.15) is 48.2 Å². The summed E-state index contributed by atoms with van der Waals surface area (Å²) < 4.78 is 138. The summed E-state index contributed by atoms with van der Waals surface area (Å²) in [5.74, 6) is -3.23. The van der Waals surface area contributed by atoms with E-state index in [1.165, 1.54) is 36.4 Å². The Hall–Kier alpha value is -7.10. The second kappa shape index (κ2) is 15.4. The van der Waals surface area contributed by atoms with Gasteiger partial charge in [-0.15, -0.1) is 17.6 Å². The molecule has 0 N–H and O–H groups in total. The highest BCUT2D eigenvalue weighted by Gasteiger charge is 2.44. The van der Waals surface area contributed by atoms with Crippen LogP contribution in [-0.4, -0.2) is 36.6 Å². The fraction of sp³-hybridized carbons (Fsp3) is 0.174. The lowest BCUT2D eigenvalue weighted by atomic mass is 9.99. The summed E-state index contributed by atoms with van der Waals surface area (Å²) >= 11 is 0. The summed E-state index contributed by atoms with van der Waals surface area (Å²) in [6.45, 7) is 3.54. The van der Waals surface area contributed by atoms with E-state index in [4.69, 9.17) is 9.47 Å². The van der Waals surface area contributed by atoms with Crippen molar-refractivity contribution < 1.29 is 63.5 Å². The molecule has 6 aromatic rings.